The van der Waals surface area contributed by atoms with Crippen LogP contribution in [0.25, 0.3) is 0 Å². The lowest BCUT2D eigenvalue weighted by atomic mass is 10.1. The van der Waals surface area contributed by atoms with Crippen molar-refractivity contribution >= 4 is 5.91 Å². The zero-order valence-corrected chi connectivity index (χ0v) is 14.9. The van der Waals surface area contributed by atoms with E-state index in [4.69, 9.17) is 9.47 Å². The maximum Gasteiger partial charge on any atom is 0.227 e. The van der Waals surface area contributed by atoms with Gasteiger partial charge in [-0.15, -0.1) is 0 Å². The molecule has 1 aromatic carbocycles. The average molecular weight is 341 g/mol. The Kier molecular flexibility index (Phi) is 5.28. The van der Waals surface area contributed by atoms with E-state index < -0.39 is 0 Å². The summed E-state index contributed by atoms with van der Waals surface area (Å²) < 4.78 is 11.2. The molecule has 1 fully saturated rings. The standard InChI is InChI=1S/C19H23N3O3/c1-13-4-5-17(24-3)15(10-13)11-19(23)22-8-9-25-18(12-22)16-6-7-20-14(2)21-16/h4-7,10,18H,8-9,11-12H2,1-3H3/t18-/m1/s1. The first-order valence-electron chi connectivity index (χ1n) is 8.39. The molecule has 1 aromatic heterocycles. The lowest BCUT2D eigenvalue weighted by Gasteiger charge is -2.33. The third kappa shape index (κ3) is 4.14. The Morgan fingerprint density at radius 3 is 2.96 bits per heavy atom. The van der Waals surface area contributed by atoms with Crippen LogP contribution in [0.5, 0.6) is 5.75 Å². The second-order valence-corrected chi connectivity index (χ2v) is 6.22. The Morgan fingerprint density at radius 2 is 2.20 bits per heavy atom. The van der Waals surface area contributed by atoms with Crippen LogP contribution in [0.4, 0.5) is 0 Å². The summed E-state index contributed by atoms with van der Waals surface area (Å²) in [5, 5.41) is 0. The zero-order chi connectivity index (χ0) is 17.8. The van der Waals surface area contributed by atoms with Gasteiger partial charge in [-0.25, -0.2) is 9.97 Å². The molecule has 1 atom stereocenters. The SMILES string of the molecule is COc1ccc(C)cc1CC(=O)N1CCO[C@@H](c2ccnc(C)n2)C1. The van der Waals surface area contributed by atoms with Crippen molar-refractivity contribution in [2.45, 2.75) is 26.4 Å². The number of carbonyl (C=O) groups excluding carboxylic acids is 1. The third-order valence-corrected chi connectivity index (χ3v) is 4.32. The molecule has 6 nitrogen and oxygen atoms in total. The number of aromatic nitrogens is 2. The summed E-state index contributed by atoms with van der Waals surface area (Å²) >= 11 is 0. The van der Waals surface area contributed by atoms with Gasteiger partial charge in [-0.05, 0) is 26.0 Å². The minimum atomic E-state index is -0.209. The lowest BCUT2D eigenvalue weighted by molar-refractivity contribution is -0.138. The van der Waals surface area contributed by atoms with E-state index in [0.29, 0.717) is 31.9 Å². The highest BCUT2D eigenvalue weighted by molar-refractivity contribution is 5.79. The summed E-state index contributed by atoms with van der Waals surface area (Å²) in [7, 11) is 1.63. The Labute approximate surface area is 147 Å². The molecule has 1 saturated heterocycles. The molecule has 3 rings (SSSR count). The molecule has 6 heteroatoms. The van der Waals surface area contributed by atoms with Gasteiger partial charge in [0.2, 0.25) is 5.91 Å². The Hall–Kier alpha value is -2.47. The third-order valence-electron chi connectivity index (χ3n) is 4.32. The fraction of sp³-hybridized carbons (Fsp3) is 0.421. The van der Waals surface area contributed by atoms with Gasteiger partial charge in [0, 0.05) is 18.3 Å². The van der Waals surface area contributed by atoms with Crippen LogP contribution in [0, 0.1) is 13.8 Å². The largest absolute Gasteiger partial charge is 0.496 e. The molecule has 2 aromatic rings. The summed E-state index contributed by atoms with van der Waals surface area (Å²) in [4.78, 5) is 23.1. The van der Waals surface area contributed by atoms with Gasteiger partial charge < -0.3 is 14.4 Å². The van der Waals surface area contributed by atoms with Crippen molar-refractivity contribution in [1.29, 1.82) is 0 Å². The van der Waals surface area contributed by atoms with Gasteiger partial charge in [0.05, 0.1) is 32.4 Å². The summed E-state index contributed by atoms with van der Waals surface area (Å²) in [6.45, 7) is 5.45. The number of hydrogen-bond donors (Lipinski definition) is 0. The molecule has 2 heterocycles. The van der Waals surface area contributed by atoms with Crippen LogP contribution in [0.3, 0.4) is 0 Å². The lowest BCUT2D eigenvalue weighted by Crippen LogP contribution is -2.43. The van der Waals surface area contributed by atoms with E-state index in [2.05, 4.69) is 9.97 Å². The summed E-state index contributed by atoms with van der Waals surface area (Å²) in [5.41, 5.74) is 2.84. The van der Waals surface area contributed by atoms with E-state index in [0.717, 1.165) is 22.6 Å². The first-order valence-corrected chi connectivity index (χ1v) is 8.39. The first-order chi connectivity index (χ1) is 12.1. The highest BCUT2D eigenvalue weighted by Gasteiger charge is 2.27. The quantitative estimate of drug-likeness (QED) is 0.853. The molecule has 0 N–H and O–H groups in total. The molecule has 0 spiro atoms. The predicted octanol–water partition coefficient (Wildman–Crippen LogP) is 2.24. The fourth-order valence-corrected chi connectivity index (χ4v) is 3.03. The number of aryl methyl sites for hydroxylation is 2. The van der Waals surface area contributed by atoms with Gasteiger partial charge in [0.15, 0.2) is 0 Å². The van der Waals surface area contributed by atoms with Crippen molar-refractivity contribution in [3.8, 4) is 5.75 Å². The second-order valence-electron chi connectivity index (χ2n) is 6.22. The molecular formula is C19H23N3O3. The van der Waals surface area contributed by atoms with Crippen LogP contribution in [0.1, 0.15) is 28.7 Å². The maximum absolute atomic E-state index is 12.8. The van der Waals surface area contributed by atoms with Crippen LogP contribution in [-0.2, 0) is 16.0 Å². The number of rotatable bonds is 4. The van der Waals surface area contributed by atoms with Gasteiger partial charge in [0.1, 0.15) is 17.7 Å². The number of nitrogens with zero attached hydrogens (tertiary/aromatic N) is 3. The molecule has 1 aliphatic rings. The summed E-state index contributed by atoms with van der Waals surface area (Å²) in [6, 6.07) is 7.73. The molecule has 1 amide bonds. The van der Waals surface area contributed by atoms with Crippen LogP contribution in [0.15, 0.2) is 30.5 Å². The Bertz CT molecular complexity index is 763. The van der Waals surface area contributed by atoms with Crippen molar-refractivity contribution in [3.05, 3.63) is 53.1 Å². The van der Waals surface area contributed by atoms with Crippen LogP contribution < -0.4 is 4.74 Å². The van der Waals surface area contributed by atoms with Crippen LogP contribution >= 0.6 is 0 Å². The molecular weight excluding hydrogens is 318 g/mol. The number of carbonyl (C=O) groups is 1. The highest BCUT2D eigenvalue weighted by atomic mass is 16.5. The molecule has 25 heavy (non-hydrogen) atoms. The van der Waals surface area contributed by atoms with E-state index >= 15 is 0 Å². The number of morpholine rings is 1. The van der Waals surface area contributed by atoms with Crippen molar-refractivity contribution < 1.29 is 14.3 Å². The van der Waals surface area contributed by atoms with Crippen molar-refractivity contribution in [2.24, 2.45) is 0 Å². The molecule has 0 unspecified atom stereocenters. The van der Waals surface area contributed by atoms with Crippen LogP contribution in [0.2, 0.25) is 0 Å². The molecule has 0 saturated carbocycles. The average Bonchev–Trinajstić information content (AvgIpc) is 2.62. The second kappa shape index (κ2) is 7.61. The Balaban J connectivity index is 1.71. The number of ether oxygens (including phenoxy) is 2. The van der Waals surface area contributed by atoms with Gasteiger partial charge in [0.25, 0.3) is 0 Å². The Morgan fingerprint density at radius 1 is 1.36 bits per heavy atom. The van der Waals surface area contributed by atoms with Crippen molar-refractivity contribution in [1.82, 2.24) is 14.9 Å². The number of methoxy groups -OCH3 is 1. The monoisotopic (exact) mass is 341 g/mol. The summed E-state index contributed by atoms with van der Waals surface area (Å²) in [5.74, 6) is 1.52. The molecule has 0 aliphatic carbocycles. The summed E-state index contributed by atoms with van der Waals surface area (Å²) in [6.07, 6.45) is 1.83. The van der Waals surface area contributed by atoms with E-state index in [1.165, 1.54) is 0 Å². The van der Waals surface area contributed by atoms with Gasteiger partial charge >= 0.3 is 0 Å². The van der Waals surface area contributed by atoms with Crippen molar-refractivity contribution in [3.63, 3.8) is 0 Å². The van der Waals surface area contributed by atoms with Crippen LogP contribution in [-0.4, -0.2) is 47.6 Å². The number of amides is 1. The van der Waals surface area contributed by atoms with E-state index in [1.54, 1.807) is 13.3 Å². The van der Waals surface area contributed by atoms with Crippen molar-refractivity contribution in [2.75, 3.05) is 26.8 Å². The van der Waals surface area contributed by atoms with Gasteiger partial charge in [-0.1, -0.05) is 17.7 Å². The minimum Gasteiger partial charge on any atom is -0.496 e. The van der Waals surface area contributed by atoms with Gasteiger partial charge in [-0.3, -0.25) is 4.79 Å². The number of hydrogen-bond acceptors (Lipinski definition) is 5. The highest BCUT2D eigenvalue weighted by Crippen LogP contribution is 2.24. The first kappa shape index (κ1) is 17.4. The van der Waals surface area contributed by atoms with E-state index in [-0.39, 0.29) is 12.0 Å². The zero-order valence-electron chi connectivity index (χ0n) is 14.9. The topological polar surface area (TPSA) is 64.5 Å². The number of benzene rings is 1. The van der Waals surface area contributed by atoms with Gasteiger partial charge in [-0.2, -0.15) is 0 Å². The van der Waals surface area contributed by atoms with E-state index in [9.17, 15) is 4.79 Å². The smallest absolute Gasteiger partial charge is 0.227 e. The fourth-order valence-electron chi connectivity index (χ4n) is 3.03. The van der Waals surface area contributed by atoms with E-state index in [1.807, 2.05) is 43.0 Å². The molecule has 0 bridgehead atoms. The maximum atomic E-state index is 12.8. The predicted molar refractivity (Wildman–Crippen MR) is 93.5 cm³/mol. The normalized spacial score (nSPS) is 17.4. The molecule has 1 aliphatic heterocycles. The molecule has 0 radical (unpaired) electrons. The minimum absolute atomic E-state index is 0.0722. The molecule has 132 valence electrons.